The SMILES string of the molecule is CN(C)Cc1nccc(=O)[nH]1. The van der Waals surface area contributed by atoms with Gasteiger partial charge in [0.15, 0.2) is 0 Å². The van der Waals surface area contributed by atoms with Crippen molar-refractivity contribution in [3.05, 3.63) is 28.4 Å². The summed E-state index contributed by atoms with van der Waals surface area (Å²) >= 11 is 0. The molecule has 0 saturated carbocycles. The summed E-state index contributed by atoms with van der Waals surface area (Å²) in [4.78, 5) is 19.3. The molecule has 0 aromatic carbocycles. The Bertz CT molecular complexity index is 279. The minimum Gasteiger partial charge on any atom is -0.309 e. The molecule has 0 aliphatic rings. The van der Waals surface area contributed by atoms with Crippen molar-refractivity contribution in [3.63, 3.8) is 0 Å². The molecule has 4 heteroatoms. The highest BCUT2D eigenvalue weighted by molar-refractivity contribution is 4.88. The average Bonchev–Trinajstić information content (AvgIpc) is 1.85. The molecule has 11 heavy (non-hydrogen) atoms. The Morgan fingerprint density at radius 1 is 1.64 bits per heavy atom. The Balaban J connectivity index is 2.80. The molecule has 0 aliphatic heterocycles. The molecule has 60 valence electrons. The molecule has 0 radical (unpaired) electrons. The number of rotatable bonds is 2. The normalized spacial score (nSPS) is 10.5. The predicted octanol–water partition coefficient (Wildman–Crippen LogP) is -0.169. The van der Waals surface area contributed by atoms with Crippen molar-refractivity contribution in [1.82, 2.24) is 14.9 Å². The number of hydrogen-bond donors (Lipinski definition) is 1. The molecule has 1 rings (SSSR count). The summed E-state index contributed by atoms with van der Waals surface area (Å²) in [5.41, 5.74) is -0.100. The van der Waals surface area contributed by atoms with E-state index in [9.17, 15) is 4.79 Å². The van der Waals surface area contributed by atoms with Crippen LogP contribution in [0.3, 0.4) is 0 Å². The summed E-state index contributed by atoms with van der Waals surface area (Å²) in [5, 5.41) is 0. The number of nitrogens with one attached hydrogen (secondary N) is 1. The fourth-order valence-electron chi connectivity index (χ4n) is 0.791. The monoisotopic (exact) mass is 153 g/mol. The first-order valence-electron chi connectivity index (χ1n) is 3.37. The van der Waals surface area contributed by atoms with Gasteiger partial charge in [0.2, 0.25) is 0 Å². The summed E-state index contributed by atoms with van der Waals surface area (Å²) in [7, 11) is 3.85. The smallest absolute Gasteiger partial charge is 0.250 e. The van der Waals surface area contributed by atoms with Gasteiger partial charge < -0.3 is 9.88 Å². The second kappa shape index (κ2) is 3.30. The maximum absolute atomic E-state index is 10.8. The Morgan fingerprint density at radius 3 is 2.91 bits per heavy atom. The van der Waals surface area contributed by atoms with Gasteiger partial charge in [-0.25, -0.2) is 4.98 Å². The van der Waals surface area contributed by atoms with Crippen LogP contribution in [0.1, 0.15) is 5.82 Å². The van der Waals surface area contributed by atoms with Gasteiger partial charge in [-0.15, -0.1) is 0 Å². The van der Waals surface area contributed by atoms with Crippen LogP contribution in [-0.2, 0) is 6.54 Å². The van der Waals surface area contributed by atoms with Gasteiger partial charge in [-0.2, -0.15) is 0 Å². The van der Waals surface area contributed by atoms with E-state index >= 15 is 0 Å². The zero-order chi connectivity index (χ0) is 8.27. The molecule has 0 spiro atoms. The molecule has 1 aromatic rings. The third-order valence-corrected chi connectivity index (χ3v) is 1.19. The van der Waals surface area contributed by atoms with Crippen LogP contribution < -0.4 is 5.56 Å². The topological polar surface area (TPSA) is 49.0 Å². The number of hydrogen-bond acceptors (Lipinski definition) is 3. The summed E-state index contributed by atoms with van der Waals surface area (Å²) < 4.78 is 0. The summed E-state index contributed by atoms with van der Waals surface area (Å²) in [6, 6.07) is 1.40. The third kappa shape index (κ3) is 2.51. The minimum absolute atomic E-state index is 0.100. The van der Waals surface area contributed by atoms with Crippen LogP contribution in [0.25, 0.3) is 0 Å². The van der Waals surface area contributed by atoms with Crippen molar-refractivity contribution < 1.29 is 0 Å². The van der Waals surface area contributed by atoms with Crippen LogP contribution in [0.2, 0.25) is 0 Å². The molecule has 4 nitrogen and oxygen atoms in total. The van der Waals surface area contributed by atoms with E-state index in [1.54, 1.807) is 0 Å². The highest BCUT2D eigenvalue weighted by Crippen LogP contribution is 1.87. The molecule has 0 amide bonds. The van der Waals surface area contributed by atoms with Gasteiger partial charge in [0, 0.05) is 12.3 Å². The van der Waals surface area contributed by atoms with Crippen LogP contribution in [-0.4, -0.2) is 29.0 Å². The van der Waals surface area contributed by atoms with E-state index in [1.165, 1.54) is 12.3 Å². The Labute approximate surface area is 64.9 Å². The fraction of sp³-hybridized carbons (Fsp3) is 0.429. The Hall–Kier alpha value is -1.16. The average molecular weight is 153 g/mol. The van der Waals surface area contributed by atoms with Gasteiger partial charge in [0.05, 0.1) is 6.54 Å². The molecular weight excluding hydrogens is 142 g/mol. The van der Waals surface area contributed by atoms with Crippen molar-refractivity contribution in [2.75, 3.05) is 14.1 Å². The molecule has 1 N–H and O–H groups in total. The molecule has 0 fully saturated rings. The minimum atomic E-state index is -0.100. The standard InChI is InChI=1S/C7H11N3O/c1-10(2)5-6-8-4-3-7(11)9-6/h3-4H,5H2,1-2H3,(H,8,9,11). The lowest BCUT2D eigenvalue weighted by molar-refractivity contribution is 0.389. The zero-order valence-corrected chi connectivity index (χ0v) is 6.66. The van der Waals surface area contributed by atoms with Crippen LogP contribution in [0.15, 0.2) is 17.1 Å². The number of aromatic nitrogens is 2. The van der Waals surface area contributed by atoms with Crippen molar-refractivity contribution in [2.45, 2.75) is 6.54 Å². The third-order valence-electron chi connectivity index (χ3n) is 1.19. The largest absolute Gasteiger partial charge is 0.309 e. The maximum atomic E-state index is 10.8. The van der Waals surface area contributed by atoms with E-state index in [1.807, 2.05) is 19.0 Å². The lowest BCUT2D eigenvalue weighted by atomic mass is 10.5. The molecule has 0 bridgehead atoms. The quantitative estimate of drug-likeness (QED) is 0.641. The lowest BCUT2D eigenvalue weighted by Gasteiger charge is -2.06. The van der Waals surface area contributed by atoms with E-state index in [4.69, 9.17) is 0 Å². The molecule has 1 heterocycles. The van der Waals surface area contributed by atoms with Crippen LogP contribution in [0, 0.1) is 0 Å². The molecule has 1 aromatic heterocycles. The van der Waals surface area contributed by atoms with Gasteiger partial charge >= 0.3 is 0 Å². The molecule has 0 saturated heterocycles. The van der Waals surface area contributed by atoms with Gasteiger partial charge in [-0.3, -0.25) is 4.79 Å². The fourth-order valence-corrected chi connectivity index (χ4v) is 0.791. The van der Waals surface area contributed by atoms with E-state index in [0.29, 0.717) is 12.4 Å². The van der Waals surface area contributed by atoms with Crippen molar-refractivity contribution in [1.29, 1.82) is 0 Å². The molecule has 0 unspecified atom stereocenters. The summed E-state index contributed by atoms with van der Waals surface area (Å²) in [5.74, 6) is 0.697. The first-order valence-corrected chi connectivity index (χ1v) is 3.37. The van der Waals surface area contributed by atoms with Gasteiger partial charge in [-0.05, 0) is 14.1 Å². The van der Waals surface area contributed by atoms with E-state index in [-0.39, 0.29) is 5.56 Å². The second-order valence-corrected chi connectivity index (χ2v) is 2.62. The molecular formula is C7H11N3O. The van der Waals surface area contributed by atoms with E-state index in [0.717, 1.165) is 0 Å². The van der Waals surface area contributed by atoms with Crippen LogP contribution in [0.5, 0.6) is 0 Å². The Morgan fingerprint density at radius 2 is 2.36 bits per heavy atom. The second-order valence-electron chi connectivity index (χ2n) is 2.62. The number of aromatic amines is 1. The van der Waals surface area contributed by atoms with Crippen molar-refractivity contribution in [2.24, 2.45) is 0 Å². The van der Waals surface area contributed by atoms with E-state index in [2.05, 4.69) is 9.97 Å². The molecule has 0 aliphatic carbocycles. The van der Waals surface area contributed by atoms with Gasteiger partial charge in [0.1, 0.15) is 5.82 Å². The van der Waals surface area contributed by atoms with Crippen molar-refractivity contribution in [3.8, 4) is 0 Å². The van der Waals surface area contributed by atoms with Crippen LogP contribution in [0.4, 0.5) is 0 Å². The molecule has 0 atom stereocenters. The highest BCUT2D eigenvalue weighted by Gasteiger charge is 1.95. The summed E-state index contributed by atoms with van der Waals surface area (Å²) in [6.45, 7) is 0.663. The van der Waals surface area contributed by atoms with Gasteiger partial charge in [0.25, 0.3) is 5.56 Å². The lowest BCUT2D eigenvalue weighted by Crippen LogP contribution is -2.17. The first-order chi connectivity index (χ1) is 5.18. The maximum Gasteiger partial charge on any atom is 0.250 e. The van der Waals surface area contributed by atoms with Gasteiger partial charge in [-0.1, -0.05) is 0 Å². The van der Waals surface area contributed by atoms with Crippen LogP contribution >= 0.6 is 0 Å². The number of H-pyrrole nitrogens is 1. The summed E-state index contributed by atoms with van der Waals surface area (Å²) in [6.07, 6.45) is 1.51. The predicted molar refractivity (Wildman–Crippen MR) is 42.2 cm³/mol. The van der Waals surface area contributed by atoms with Crippen molar-refractivity contribution >= 4 is 0 Å². The highest BCUT2D eigenvalue weighted by atomic mass is 16.1. The Kier molecular flexibility index (Phi) is 2.38. The first kappa shape index (κ1) is 7.94. The zero-order valence-electron chi connectivity index (χ0n) is 6.66. The van der Waals surface area contributed by atoms with E-state index < -0.39 is 0 Å². The number of nitrogens with zero attached hydrogens (tertiary/aromatic N) is 2.